The standard InChI is InChI=1S/C38H71N/c1-4-7-9-11-13-15-17-19-21-23-25-27-29-31-33-35-37-39(6-3)38-36-34-32-30-28-26-24-22-20-18-16-14-12-10-8-5-2/h13-16,19-22H,4-12,17-18,23-38H2,1-3H3/b15-13-,16-14-,21-19-,22-20-. The second-order valence-electron chi connectivity index (χ2n) is 11.6. The van der Waals surface area contributed by atoms with E-state index in [0.29, 0.717) is 0 Å². The summed E-state index contributed by atoms with van der Waals surface area (Å²) in [6, 6.07) is 0. The molecular formula is C38H71N. The largest absolute Gasteiger partial charge is 0.304 e. The zero-order valence-electron chi connectivity index (χ0n) is 27.2. The molecule has 0 fully saturated rings. The minimum Gasteiger partial charge on any atom is -0.304 e. The van der Waals surface area contributed by atoms with Gasteiger partial charge in [0.2, 0.25) is 0 Å². The van der Waals surface area contributed by atoms with Crippen molar-refractivity contribution in [3.8, 4) is 0 Å². The number of allylic oxidation sites excluding steroid dienone is 8. The zero-order chi connectivity index (χ0) is 28.3. The molecule has 0 rings (SSSR count). The summed E-state index contributed by atoms with van der Waals surface area (Å²) < 4.78 is 0. The Hall–Kier alpha value is -1.08. The monoisotopic (exact) mass is 542 g/mol. The van der Waals surface area contributed by atoms with Crippen LogP contribution in [0.15, 0.2) is 48.6 Å². The Morgan fingerprint density at radius 2 is 0.641 bits per heavy atom. The summed E-state index contributed by atoms with van der Waals surface area (Å²) in [7, 11) is 0. The van der Waals surface area contributed by atoms with Gasteiger partial charge < -0.3 is 4.90 Å². The molecule has 0 saturated heterocycles. The van der Waals surface area contributed by atoms with Gasteiger partial charge in [-0.3, -0.25) is 0 Å². The zero-order valence-corrected chi connectivity index (χ0v) is 27.2. The first-order valence-corrected chi connectivity index (χ1v) is 17.7. The van der Waals surface area contributed by atoms with Crippen LogP contribution < -0.4 is 0 Å². The molecule has 1 nitrogen and oxygen atoms in total. The quantitative estimate of drug-likeness (QED) is 0.0623. The molecule has 0 aromatic heterocycles. The molecule has 0 aliphatic heterocycles. The lowest BCUT2D eigenvalue weighted by molar-refractivity contribution is 0.273. The van der Waals surface area contributed by atoms with Crippen molar-refractivity contribution in [3.63, 3.8) is 0 Å². The second-order valence-corrected chi connectivity index (χ2v) is 11.6. The van der Waals surface area contributed by atoms with E-state index in [2.05, 4.69) is 74.3 Å². The lowest BCUT2D eigenvalue weighted by Crippen LogP contribution is -2.25. The van der Waals surface area contributed by atoms with Crippen molar-refractivity contribution in [1.82, 2.24) is 4.90 Å². The van der Waals surface area contributed by atoms with Crippen LogP contribution in [0.5, 0.6) is 0 Å². The lowest BCUT2D eigenvalue weighted by Gasteiger charge is -2.20. The van der Waals surface area contributed by atoms with E-state index in [-0.39, 0.29) is 0 Å². The van der Waals surface area contributed by atoms with Gasteiger partial charge in [-0.25, -0.2) is 0 Å². The molecule has 39 heavy (non-hydrogen) atoms. The van der Waals surface area contributed by atoms with Gasteiger partial charge in [0.05, 0.1) is 0 Å². The maximum Gasteiger partial charge on any atom is -0.00189 e. The molecule has 0 radical (unpaired) electrons. The third-order valence-corrected chi connectivity index (χ3v) is 7.80. The highest BCUT2D eigenvalue weighted by molar-refractivity contribution is 4.93. The number of hydrogen-bond donors (Lipinski definition) is 0. The molecule has 0 saturated carbocycles. The number of rotatable bonds is 31. The molecule has 0 bridgehead atoms. The van der Waals surface area contributed by atoms with Crippen LogP contribution in [-0.4, -0.2) is 24.5 Å². The third-order valence-electron chi connectivity index (χ3n) is 7.80. The van der Waals surface area contributed by atoms with Gasteiger partial charge in [0.15, 0.2) is 0 Å². The van der Waals surface area contributed by atoms with E-state index in [9.17, 15) is 0 Å². The Kier molecular flexibility index (Phi) is 34.0. The van der Waals surface area contributed by atoms with E-state index >= 15 is 0 Å². The van der Waals surface area contributed by atoms with Crippen LogP contribution in [0.25, 0.3) is 0 Å². The van der Waals surface area contributed by atoms with Crippen LogP contribution in [0.1, 0.15) is 175 Å². The van der Waals surface area contributed by atoms with E-state index in [0.717, 1.165) is 12.8 Å². The summed E-state index contributed by atoms with van der Waals surface area (Å²) in [6.45, 7) is 10.7. The smallest absolute Gasteiger partial charge is 0.00189 e. The molecule has 0 spiro atoms. The number of nitrogens with zero attached hydrogens (tertiary/aromatic N) is 1. The van der Waals surface area contributed by atoms with Gasteiger partial charge in [-0.1, -0.05) is 146 Å². The fourth-order valence-corrected chi connectivity index (χ4v) is 5.08. The van der Waals surface area contributed by atoms with Gasteiger partial charge in [-0.2, -0.15) is 0 Å². The van der Waals surface area contributed by atoms with Gasteiger partial charge in [-0.05, 0) is 96.7 Å². The fraction of sp³-hybridized carbons (Fsp3) is 0.789. The SMILES string of the molecule is CCCCC/C=C\C/C=C\CCCCCCCCN(CC)CCCCCCCC/C=C\C/C=C\CCCCC. The molecule has 0 aliphatic rings. The maximum atomic E-state index is 2.69. The Labute approximate surface area is 247 Å². The number of unbranched alkanes of at least 4 members (excludes halogenated alkanes) is 18. The maximum absolute atomic E-state index is 2.69. The molecule has 0 atom stereocenters. The van der Waals surface area contributed by atoms with Gasteiger partial charge in [0.25, 0.3) is 0 Å². The molecule has 0 N–H and O–H groups in total. The van der Waals surface area contributed by atoms with Gasteiger partial charge in [-0.15, -0.1) is 0 Å². The Morgan fingerprint density at radius 3 is 0.974 bits per heavy atom. The third kappa shape index (κ3) is 33.0. The first kappa shape index (κ1) is 37.9. The minimum atomic E-state index is 1.12. The average Bonchev–Trinajstić information content (AvgIpc) is 2.95. The molecule has 0 heterocycles. The predicted molar refractivity (Wildman–Crippen MR) is 181 cm³/mol. The highest BCUT2D eigenvalue weighted by atomic mass is 15.1. The van der Waals surface area contributed by atoms with Gasteiger partial charge >= 0.3 is 0 Å². The Balaban J connectivity index is 3.41. The van der Waals surface area contributed by atoms with Crippen LogP contribution in [0, 0.1) is 0 Å². The molecule has 0 amide bonds. The summed E-state index contributed by atoms with van der Waals surface area (Å²) >= 11 is 0. The summed E-state index contributed by atoms with van der Waals surface area (Å²) in [5.41, 5.74) is 0. The van der Waals surface area contributed by atoms with E-state index < -0.39 is 0 Å². The minimum absolute atomic E-state index is 1.12. The van der Waals surface area contributed by atoms with Crippen molar-refractivity contribution in [2.75, 3.05) is 19.6 Å². The van der Waals surface area contributed by atoms with Crippen molar-refractivity contribution in [2.45, 2.75) is 175 Å². The first-order chi connectivity index (χ1) is 19.3. The lowest BCUT2D eigenvalue weighted by atomic mass is 10.1. The Bertz CT molecular complexity index is 507. The number of hydrogen-bond acceptors (Lipinski definition) is 1. The van der Waals surface area contributed by atoms with Gasteiger partial charge in [0.1, 0.15) is 0 Å². The summed E-state index contributed by atoms with van der Waals surface area (Å²) in [5.74, 6) is 0. The van der Waals surface area contributed by atoms with E-state index in [4.69, 9.17) is 0 Å². The molecule has 228 valence electrons. The molecule has 0 aromatic rings. The fourth-order valence-electron chi connectivity index (χ4n) is 5.08. The van der Waals surface area contributed by atoms with Crippen molar-refractivity contribution in [3.05, 3.63) is 48.6 Å². The van der Waals surface area contributed by atoms with Crippen molar-refractivity contribution in [1.29, 1.82) is 0 Å². The highest BCUT2D eigenvalue weighted by Gasteiger charge is 2.02. The van der Waals surface area contributed by atoms with Crippen molar-refractivity contribution in [2.24, 2.45) is 0 Å². The van der Waals surface area contributed by atoms with Crippen LogP contribution in [0.3, 0.4) is 0 Å². The van der Waals surface area contributed by atoms with Crippen LogP contribution in [0.2, 0.25) is 0 Å². The molecule has 0 aliphatic carbocycles. The predicted octanol–water partition coefficient (Wildman–Crippen LogP) is 12.9. The van der Waals surface area contributed by atoms with Crippen molar-refractivity contribution >= 4 is 0 Å². The topological polar surface area (TPSA) is 3.24 Å². The summed E-state index contributed by atoms with van der Waals surface area (Å²) in [6.07, 6.45) is 51.1. The average molecular weight is 542 g/mol. The summed E-state index contributed by atoms with van der Waals surface area (Å²) in [5, 5.41) is 0. The molecule has 0 unspecified atom stereocenters. The van der Waals surface area contributed by atoms with Gasteiger partial charge in [0, 0.05) is 0 Å². The first-order valence-electron chi connectivity index (χ1n) is 17.7. The van der Waals surface area contributed by atoms with Crippen LogP contribution in [-0.2, 0) is 0 Å². The molecular weight excluding hydrogens is 470 g/mol. The van der Waals surface area contributed by atoms with E-state index in [1.807, 2.05) is 0 Å². The van der Waals surface area contributed by atoms with E-state index in [1.165, 1.54) is 161 Å². The molecule has 0 aromatic carbocycles. The molecule has 1 heteroatoms. The van der Waals surface area contributed by atoms with Crippen LogP contribution in [0.4, 0.5) is 0 Å². The summed E-state index contributed by atoms with van der Waals surface area (Å²) in [4.78, 5) is 2.69. The van der Waals surface area contributed by atoms with Crippen LogP contribution >= 0.6 is 0 Å². The van der Waals surface area contributed by atoms with E-state index in [1.54, 1.807) is 0 Å². The second kappa shape index (κ2) is 34.9. The highest BCUT2D eigenvalue weighted by Crippen LogP contribution is 2.11. The normalized spacial score (nSPS) is 12.5. The Morgan fingerprint density at radius 1 is 0.333 bits per heavy atom. The van der Waals surface area contributed by atoms with Crippen molar-refractivity contribution < 1.29 is 0 Å².